The maximum atomic E-state index is 13.4. The molecule has 0 saturated carbocycles. The van der Waals surface area contributed by atoms with Crippen LogP contribution in [0.3, 0.4) is 0 Å². The number of nitrogens with zero attached hydrogens (tertiary/aromatic N) is 3. The van der Waals surface area contributed by atoms with Crippen LogP contribution in [0, 0.1) is 0 Å². The number of ether oxygens (including phenoxy) is 1. The van der Waals surface area contributed by atoms with Crippen molar-refractivity contribution in [1.29, 1.82) is 0 Å². The molecule has 0 fully saturated rings. The van der Waals surface area contributed by atoms with Crippen LogP contribution in [0.2, 0.25) is 0 Å². The Morgan fingerprint density at radius 3 is 2.47 bits per heavy atom. The molecule has 2 aromatic heterocycles. The zero-order valence-corrected chi connectivity index (χ0v) is 25.9. The predicted octanol–water partition coefficient (Wildman–Crippen LogP) is 5.23. The zero-order chi connectivity index (χ0) is 30.2. The molecule has 1 aliphatic carbocycles. The number of fused-ring (bicyclic) bond motifs is 1. The Balaban J connectivity index is 1.29. The van der Waals surface area contributed by atoms with Crippen LogP contribution in [0.15, 0.2) is 65.8 Å². The summed E-state index contributed by atoms with van der Waals surface area (Å²) in [5, 5.41) is 15.4. The Morgan fingerprint density at radius 2 is 1.74 bits per heavy atom. The first-order chi connectivity index (χ1) is 20.9. The van der Waals surface area contributed by atoms with E-state index in [1.807, 2.05) is 60.0 Å². The topological polar surface area (TPSA) is 115 Å². The summed E-state index contributed by atoms with van der Waals surface area (Å²) in [6, 6.07) is 19.7. The molecule has 1 aliphatic rings. The monoisotopic (exact) mass is 617 g/mol. The molecular weight excluding hydrogens is 583 g/mol. The van der Waals surface area contributed by atoms with E-state index in [0.29, 0.717) is 28.1 Å². The molecule has 0 unspecified atom stereocenters. The number of carbonyl (C=O) groups is 3. The Kier molecular flexibility index (Phi) is 10.3. The second kappa shape index (κ2) is 14.5. The van der Waals surface area contributed by atoms with Gasteiger partial charge in [-0.1, -0.05) is 72.4 Å². The van der Waals surface area contributed by atoms with E-state index in [4.69, 9.17) is 4.74 Å². The number of benzene rings is 2. The Morgan fingerprint density at radius 1 is 1.02 bits per heavy atom. The van der Waals surface area contributed by atoms with Crippen molar-refractivity contribution in [3.63, 3.8) is 0 Å². The molecule has 2 heterocycles. The molecule has 0 spiro atoms. The van der Waals surface area contributed by atoms with Crippen molar-refractivity contribution in [2.24, 2.45) is 0 Å². The summed E-state index contributed by atoms with van der Waals surface area (Å²) in [6.45, 7) is 4.67. The predicted molar refractivity (Wildman–Crippen MR) is 168 cm³/mol. The number of aromatic nitrogens is 3. The SMILES string of the molecule is CCOC(=O)c1c(NC(=O)[C@H](C)Sc2nnc(CNC(=O)Cc3ccccc3)n2CCc2ccccc2)sc2c1CCC2. The second-order valence-electron chi connectivity index (χ2n) is 10.3. The highest BCUT2D eigenvalue weighted by Crippen LogP contribution is 2.40. The van der Waals surface area contributed by atoms with Crippen LogP contribution < -0.4 is 10.6 Å². The summed E-state index contributed by atoms with van der Waals surface area (Å²) in [4.78, 5) is 39.9. The molecular formula is C32H35N5O4S2. The molecule has 11 heteroatoms. The fourth-order valence-corrected chi connectivity index (χ4v) is 7.18. The highest BCUT2D eigenvalue weighted by molar-refractivity contribution is 8.00. The lowest BCUT2D eigenvalue weighted by Crippen LogP contribution is -2.27. The van der Waals surface area contributed by atoms with Gasteiger partial charge in [-0.05, 0) is 56.2 Å². The van der Waals surface area contributed by atoms with Crippen LogP contribution in [-0.4, -0.2) is 44.4 Å². The third kappa shape index (κ3) is 7.71. The van der Waals surface area contributed by atoms with E-state index in [0.717, 1.165) is 47.3 Å². The van der Waals surface area contributed by atoms with Gasteiger partial charge in [0, 0.05) is 11.4 Å². The summed E-state index contributed by atoms with van der Waals surface area (Å²) < 4.78 is 7.27. The second-order valence-corrected chi connectivity index (χ2v) is 12.7. The van der Waals surface area contributed by atoms with Gasteiger partial charge in [0.25, 0.3) is 0 Å². The number of thiophene rings is 1. The summed E-state index contributed by atoms with van der Waals surface area (Å²) in [6.07, 6.45) is 3.73. The van der Waals surface area contributed by atoms with E-state index < -0.39 is 11.2 Å². The van der Waals surface area contributed by atoms with Crippen LogP contribution >= 0.6 is 23.1 Å². The van der Waals surface area contributed by atoms with Crippen molar-refractivity contribution in [2.45, 2.75) is 69.4 Å². The number of anilines is 1. The number of esters is 1. The molecule has 2 amide bonds. The quantitative estimate of drug-likeness (QED) is 0.156. The van der Waals surface area contributed by atoms with Gasteiger partial charge < -0.3 is 19.9 Å². The zero-order valence-electron chi connectivity index (χ0n) is 24.3. The van der Waals surface area contributed by atoms with Crippen molar-refractivity contribution in [3.05, 3.63) is 93.6 Å². The average Bonchev–Trinajstić information content (AvgIpc) is 3.71. The average molecular weight is 618 g/mol. The Hall–Kier alpha value is -3.96. The summed E-state index contributed by atoms with van der Waals surface area (Å²) in [5.74, 6) is -0.111. The number of hydrogen-bond donors (Lipinski definition) is 2. The lowest BCUT2D eigenvalue weighted by atomic mass is 10.1. The van der Waals surface area contributed by atoms with E-state index in [2.05, 4.69) is 33.0 Å². The molecule has 9 nitrogen and oxygen atoms in total. The molecule has 0 radical (unpaired) electrons. The summed E-state index contributed by atoms with van der Waals surface area (Å²) in [7, 11) is 0. The van der Waals surface area contributed by atoms with E-state index in [9.17, 15) is 14.4 Å². The molecule has 2 aromatic carbocycles. The number of nitrogens with one attached hydrogen (secondary N) is 2. The van der Waals surface area contributed by atoms with Gasteiger partial charge in [0.05, 0.1) is 30.4 Å². The molecule has 2 N–H and O–H groups in total. The highest BCUT2D eigenvalue weighted by atomic mass is 32.2. The summed E-state index contributed by atoms with van der Waals surface area (Å²) in [5.41, 5.74) is 3.58. The smallest absolute Gasteiger partial charge is 0.341 e. The first kappa shape index (κ1) is 30.5. The van der Waals surface area contributed by atoms with Crippen molar-refractivity contribution < 1.29 is 19.1 Å². The van der Waals surface area contributed by atoms with E-state index >= 15 is 0 Å². The van der Waals surface area contributed by atoms with Gasteiger partial charge in [-0.15, -0.1) is 21.5 Å². The van der Waals surface area contributed by atoms with Crippen molar-refractivity contribution in [2.75, 3.05) is 11.9 Å². The number of aryl methyl sites for hydroxylation is 2. The first-order valence-electron chi connectivity index (χ1n) is 14.5. The van der Waals surface area contributed by atoms with Gasteiger partial charge in [-0.3, -0.25) is 9.59 Å². The third-order valence-corrected chi connectivity index (χ3v) is 9.49. The minimum Gasteiger partial charge on any atom is -0.462 e. The number of amides is 2. The molecule has 224 valence electrons. The molecule has 43 heavy (non-hydrogen) atoms. The largest absolute Gasteiger partial charge is 0.462 e. The normalized spacial score (nSPS) is 12.9. The Labute approximate surface area is 259 Å². The minimum absolute atomic E-state index is 0.106. The standard InChI is InChI=1S/C32H35N5O4S2/c1-3-41-31(40)28-24-15-10-16-25(24)43-30(28)34-29(39)21(2)42-32-36-35-26(37(32)18-17-22-11-6-4-7-12-22)20-33-27(38)19-23-13-8-5-9-14-23/h4-9,11-14,21H,3,10,15-20H2,1-2H3,(H,33,38)(H,34,39)/t21-/m0/s1. The molecule has 0 aliphatic heterocycles. The van der Waals surface area contributed by atoms with Crippen molar-refractivity contribution >= 4 is 45.9 Å². The van der Waals surface area contributed by atoms with Gasteiger partial charge >= 0.3 is 5.97 Å². The minimum atomic E-state index is -0.521. The van der Waals surface area contributed by atoms with Crippen LogP contribution in [0.5, 0.6) is 0 Å². The Bertz CT molecular complexity index is 1570. The van der Waals surface area contributed by atoms with Gasteiger partial charge in [0.2, 0.25) is 11.8 Å². The highest BCUT2D eigenvalue weighted by Gasteiger charge is 2.30. The van der Waals surface area contributed by atoms with Crippen molar-refractivity contribution in [1.82, 2.24) is 20.1 Å². The fraction of sp³-hybridized carbons (Fsp3) is 0.344. The maximum absolute atomic E-state index is 13.4. The van der Waals surface area contributed by atoms with Gasteiger partial charge in [0.1, 0.15) is 5.00 Å². The lowest BCUT2D eigenvalue weighted by Gasteiger charge is -2.14. The molecule has 4 aromatic rings. The van der Waals surface area contributed by atoms with Crippen LogP contribution in [0.25, 0.3) is 0 Å². The van der Waals surface area contributed by atoms with Gasteiger partial charge in [-0.25, -0.2) is 4.79 Å². The molecule has 5 rings (SSSR count). The molecule has 0 saturated heterocycles. The van der Waals surface area contributed by atoms with E-state index in [-0.39, 0.29) is 31.4 Å². The number of thioether (sulfide) groups is 1. The van der Waals surface area contributed by atoms with E-state index in [1.165, 1.54) is 23.1 Å². The lowest BCUT2D eigenvalue weighted by molar-refractivity contribution is -0.120. The number of carbonyl (C=O) groups excluding carboxylic acids is 3. The van der Waals surface area contributed by atoms with Gasteiger partial charge in [0.15, 0.2) is 11.0 Å². The van der Waals surface area contributed by atoms with Gasteiger partial charge in [-0.2, -0.15) is 0 Å². The van der Waals surface area contributed by atoms with E-state index in [1.54, 1.807) is 6.92 Å². The molecule has 1 atom stereocenters. The molecule has 0 bridgehead atoms. The first-order valence-corrected chi connectivity index (χ1v) is 16.2. The number of hydrogen-bond acceptors (Lipinski definition) is 8. The van der Waals surface area contributed by atoms with Crippen molar-refractivity contribution in [3.8, 4) is 0 Å². The third-order valence-electron chi connectivity index (χ3n) is 7.20. The summed E-state index contributed by atoms with van der Waals surface area (Å²) >= 11 is 2.76. The van der Waals surface area contributed by atoms with Crippen LogP contribution in [0.4, 0.5) is 5.00 Å². The number of rotatable bonds is 13. The fourth-order valence-electron chi connectivity index (χ4n) is 5.01. The van der Waals surface area contributed by atoms with Crippen LogP contribution in [0.1, 0.15) is 58.0 Å². The maximum Gasteiger partial charge on any atom is 0.341 e. The van der Waals surface area contributed by atoms with Crippen LogP contribution in [-0.2, 0) is 53.1 Å².